The summed E-state index contributed by atoms with van der Waals surface area (Å²) >= 11 is 9.50. The quantitative estimate of drug-likeness (QED) is 0.701. The lowest BCUT2D eigenvalue weighted by Crippen LogP contribution is -3.14. The van der Waals surface area contributed by atoms with Gasteiger partial charge in [-0.05, 0) is 47.2 Å². The molecule has 0 spiro atoms. The highest BCUT2D eigenvalue weighted by molar-refractivity contribution is 7.10. The summed E-state index contributed by atoms with van der Waals surface area (Å²) in [6.07, 6.45) is 1.04. The summed E-state index contributed by atoms with van der Waals surface area (Å²) in [6.45, 7) is 1.44. The van der Waals surface area contributed by atoms with Crippen LogP contribution >= 0.6 is 34.3 Å². The third-order valence-corrected chi connectivity index (χ3v) is 6.70. The summed E-state index contributed by atoms with van der Waals surface area (Å²) in [5, 5.41) is 7.94. The van der Waals surface area contributed by atoms with Gasteiger partial charge in [-0.1, -0.05) is 17.7 Å². The van der Waals surface area contributed by atoms with E-state index in [4.69, 9.17) is 11.6 Å². The zero-order valence-electron chi connectivity index (χ0n) is 13.5. The minimum absolute atomic E-state index is 0.0394. The normalized spacial score (nSPS) is 19.4. The Bertz CT molecular complexity index is 858. The van der Waals surface area contributed by atoms with Gasteiger partial charge in [0.25, 0.3) is 5.91 Å². The maximum Gasteiger partial charge on any atom is 0.279 e. The number of hydrogen-bond donors (Lipinski definition) is 2. The first-order valence-corrected chi connectivity index (χ1v) is 10.3. The van der Waals surface area contributed by atoms with Crippen LogP contribution in [0.5, 0.6) is 0 Å². The van der Waals surface area contributed by atoms with Crippen LogP contribution in [-0.2, 0) is 11.2 Å². The monoisotopic (exact) mass is 389 g/mol. The number of amides is 1. The molecule has 4 rings (SSSR count). The number of rotatable bonds is 4. The molecule has 0 saturated carbocycles. The Kier molecular flexibility index (Phi) is 4.90. The number of nitrogens with one attached hydrogen (secondary N) is 2. The lowest BCUT2D eigenvalue weighted by Gasteiger charge is -2.31. The molecule has 25 heavy (non-hydrogen) atoms. The van der Waals surface area contributed by atoms with Crippen LogP contribution in [0, 0.1) is 0 Å². The smallest absolute Gasteiger partial charge is 0.279 e. The van der Waals surface area contributed by atoms with Crippen molar-refractivity contribution >= 4 is 45.9 Å². The lowest BCUT2D eigenvalue weighted by molar-refractivity contribution is -0.919. The fourth-order valence-electron chi connectivity index (χ4n) is 3.39. The predicted molar refractivity (Wildman–Crippen MR) is 105 cm³/mol. The molecule has 0 bridgehead atoms. The van der Waals surface area contributed by atoms with Gasteiger partial charge < -0.3 is 10.2 Å². The fourth-order valence-corrected chi connectivity index (χ4v) is 5.34. The molecule has 0 saturated heterocycles. The number of thiophene rings is 2. The molecule has 128 valence electrons. The number of hydrogen-bond acceptors (Lipinski definition) is 3. The van der Waals surface area contributed by atoms with Crippen molar-refractivity contribution in [3.8, 4) is 0 Å². The van der Waals surface area contributed by atoms with Crippen molar-refractivity contribution in [1.82, 2.24) is 0 Å². The number of anilines is 1. The van der Waals surface area contributed by atoms with E-state index < -0.39 is 0 Å². The number of halogens is 1. The van der Waals surface area contributed by atoms with Gasteiger partial charge in [0.1, 0.15) is 6.04 Å². The van der Waals surface area contributed by atoms with E-state index >= 15 is 0 Å². The van der Waals surface area contributed by atoms with Crippen LogP contribution in [0.15, 0.2) is 53.2 Å². The summed E-state index contributed by atoms with van der Waals surface area (Å²) in [5.74, 6) is 0.0394. The van der Waals surface area contributed by atoms with Gasteiger partial charge in [-0.15, -0.1) is 22.7 Å². The fraction of sp³-hybridized carbons (Fsp3) is 0.211. The summed E-state index contributed by atoms with van der Waals surface area (Å²) in [4.78, 5) is 16.7. The molecule has 2 atom stereocenters. The molecule has 1 unspecified atom stereocenters. The molecular formula is C19H18ClN2OS2+. The molecule has 3 nitrogen and oxygen atoms in total. The topological polar surface area (TPSA) is 33.5 Å². The largest absolute Gasteiger partial charge is 0.321 e. The van der Waals surface area contributed by atoms with Crippen LogP contribution in [0.25, 0.3) is 0 Å². The Balaban J connectivity index is 1.52. The van der Waals surface area contributed by atoms with E-state index in [-0.39, 0.29) is 11.9 Å². The van der Waals surface area contributed by atoms with Crippen molar-refractivity contribution in [1.29, 1.82) is 0 Å². The van der Waals surface area contributed by atoms with Gasteiger partial charge in [0.05, 0.1) is 11.4 Å². The molecule has 1 aliphatic heterocycles. The first kappa shape index (κ1) is 16.8. The Morgan fingerprint density at radius 3 is 2.76 bits per heavy atom. The number of quaternary nitrogens is 1. The summed E-state index contributed by atoms with van der Waals surface area (Å²) in [5.41, 5.74) is 2.17. The Morgan fingerprint density at radius 2 is 2.00 bits per heavy atom. The Morgan fingerprint density at radius 1 is 1.16 bits per heavy atom. The lowest BCUT2D eigenvalue weighted by atomic mass is 9.98. The third kappa shape index (κ3) is 3.65. The minimum Gasteiger partial charge on any atom is -0.321 e. The van der Waals surface area contributed by atoms with Crippen LogP contribution in [0.4, 0.5) is 5.69 Å². The molecular weight excluding hydrogens is 372 g/mol. The maximum absolute atomic E-state index is 12.6. The van der Waals surface area contributed by atoms with Gasteiger partial charge in [-0.25, -0.2) is 0 Å². The zero-order valence-corrected chi connectivity index (χ0v) is 15.9. The van der Waals surface area contributed by atoms with Crippen molar-refractivity contribution in [2.45, 2.75) is 12.5 Å². The van der Waals surface area contributed by atoms with Gasteiger partial charge in [-0.2, -0.15) is 0 Å². The van der Waals surface area contributed by atoms with E-state index in [1.165, 1.54) is 20.2 Å². The van der Waals surface area contributed by atoms with E-state index in [0.29, 0.717) is 11.6 Å². The number of fused-ring (bicyclic) bond motifs is 1. The molecule has 1 amide bonds. The highest BCUT2D eigenvalue weighted by Crippen LogP contribution is 2.31. The predicted octanol–water partition coefficient (Wildman–Crippen LogP) is 3.63. The molecule has 0 radical (unpaired) electrons. The first-order chi connectivity index (χ1) is 12.2. The minimum atomic E-state index is 0.0394. The van der Waals surface area contributed by atoms with Crippen molar-refractivity contribution in [2.24, 2.45) is 0 Å². The number of carbonyl (C=O) groups is 1. The molecule has 6 heteroatoms. The molecule has 2 N–H and O–H groups in total. The zero-order chi connectivity index (χ0) is 17.2. The van der Waals surface area contributed by atoms with E-state index in [1.54, 1.807) is 23.5 Å². The Labute approximate surface area is 159 Å². The van der Waals surface area contributed by atoms with Crippen LogP contribution in [0.1, 0.15) is 21.4 Å². The average Bonchev–Trinajstić information content (AvgIpc) is 3.28. The number of benzene rings is 1. The van der Waals surface area contributed by atoms with Crippen LogP contribution in [0.3, 0.4) is 0 Å². The van der Waals surface area contributed by atoms with E-state index in [9.17, 15) is 4.79 Å². The average molecular weight is 390 g/mol. The SMILES string of the molecule is O=C(C[NH+]1CCc2sccc2[C@@H]1c1cccs1)Nc1ccc(Cl)cc1. The first-order valence-electron chi connectivity index (χ1n) is 8.20. The second-order valence-corrected chi connectivity index (χ2v) is 8.55. The van der Waals surface area contributed by atoms with Crippen LogP contribution in [-0.4, -0.2) is 19.0 Å². The summed E-state index contributed by atoms with van der Waals surface area (Å²) in [6, 6.07) is 14.0. The molecule has 2 aromatic heterocycles. The molecule has 0 aliphatic carbocycles. The maximum atomic E-state index is 12.6. The van der Waals surface area contributed by atoms with Crippen molar-refractivity contribution in [3.63, 3.8) is 0 Å². The van der Waals surface area contributed by atoms with Crippen LogP contribution < -0.4 is 10.2 Å². The van der Waals surface area contributed by atoms with Gasteiger partial charge >= 0.3 is 0 Å². The Hall–Kier alpha value is -1.66. The van der Waals surface area contributed by atoms with Gasteiger partial charge in [0.15, 0.2) is 6.54 Å². The van der Waals surface area contributed by atoms with Gasteiger partial charge in [0.2, 0.25) is 0 Å². The molecule has 1 aliphatic rings. The van der Waals surface area contributed by atoms with E-state index in [0.717, 1.165) is 18.7 Å². The molecule has 3 heterocycles. The molecule has 1 aromatic carbocycles. The number of carbonyl (C=O) groups excluding carboxylic acids is 1. The summed E-state index contributed by atoms with van der Waals surface area (Å²) < 4.78 is 0. The molecule has 0 fully saturated rings. The summed E-state index contributed by atoms with van der Waals surface area (Å²) in [7, 11) is 0. The van der Waals surface area contributed by atoms with Crippen molar-refractivity contribution in [2.75, 3.05) is 18.4 Å². The molecule has 3 aromatic rings. The van der Waals surface area contributed by atoms with Gasteiger partial charge in [0, 0.05) is 27.6 Å². The van der Waals surface area contributed by atoms with Gasteiger partial charge in [-0.3, -0.25) is 4.79 Å². The second kappa shape index (κ2) is 7.30. The standard InChI is InChI=1S/C19H17ClN2OS2/c20-13-3-5-14(6-4-13)21-18(23)12-22-9-7-16-15(8-11-25-16)19(22)17-2-1-10-24-17/h1-6,8,10-11,19H,7,9,12H2,(H,21,23)/p+1/t19-/m1/s1. The van der Waals surface area contributed by atoms with E-state index in [2.05, 4.69) is 34.3 Å². The highest BCUT2D eigenvalue weighted by atomic mass is 35.5. The third-order valence-electron chi connectivity index (χ3n) is 4.52. The second-order valence-electron chi connectivity index (χ2n) is 6.14. The highest BCUT2D eigenvalue weighted by Gasteiger charge is 2.35. The van der Waals surface area contributed by atoms with E-state index in [1.807, 2.05) is 23.5 Å². The van der Waals surface area contributed by atoms with Crippen molar-refractivity contribution in [3.05, 3.63) is 73.6 Å². The van der Waals surface area contributed by atoms with Crippen molar-refractivity contribution < 1.29 is 9.69 Å². The van der Waals surface area contributed by atoms with Crippen LogP contribution in [0.2, 0.25) is 5.02 Å².